The first kappa shape index (κ1) is 22.3. The fourth-order valence-corrected chi connectivity index (χ4v) is 4.04. The first-order chi connectivity index (χ1) is 17.0. The van der Waals surface area contributed by atoms with Crippen LogP contribution in [-0.4, -0.2) is 28.2 Å². The van der Waals surface area contributed by atoms with E-state index in [1.54, 1.807) is 25.3 Å². The van der Waals surface area contributed by atoms with E-state index in [0.29, 0.717) is 33.5 Å². The van der Waals surface area contributed by atoms with Gasteiger partial charge in [0, 0.05) is 11.1 Å². The number of fused-ring (bicyclic) bond motifs is 1. The number of hydrogen-bond acceptors (Lipinski definition) is 4. The monoisotopic (exact) mass is 466 g/mol. The van der Waals surface area contributed by atoms with Crippen LogP contribution in [-0.2, 0) is 0 Å². The highest BCUT2D eigenvalue weighted by molar-refractivity contribution is 6.11. The van der Waals surface area contributed by atoms with Gasteiger partial charge in [0.15, 0.2) is 5.65 Å². The van der Waals surface area contributed by atoms with Gasteiger partial charge in [0.2, 0.25) is 0 Å². The molecule has 0 saturated carbocycles. The second-order valence-corrected chi connectivity index (χ2v) is 8.19. The molecule has 3 aromatic carbocycles. The average molecular weight is 467 g/mol. The van der Waals surface area contributed by atoms with E-state index >= 15 is 0 Å². The van der Waals surface area contributed by atoms with Crippen molar-refractivity contribution in [2.75, 3.05) is 7.11 Å². The van der Waals surface area contributed by atoms with Crippen molar-refractivity contribution < 1.29 is 13.9 Å². The van der Waals surface area contributed by atoms with Crippen molar-refractivity contribution in [2.24, 2.45) is 0 Å². The molecule has 174 valence electrons. The molecule has 0 bridgehead atoms. The van der Waals surface area contributed by atoms with Crippen LogP contribution in [0.3, 0.4) is 0 Å². The van der Waals surface area contributed by atoms with Gasteiger partial charge in [-0.25, -0.2) is 9.37 Å². The standard InChI is InChI=1S/C28H23FN4O2/c1-17(18-6-4-3-5-7-18)30-28(34)23-16-24(19-8-12-21(29)13-9-19)31-27-25(23)26(32-33-27)20-10-14-22(35-2)15-11-20/h3-17H,1-2H3,(H,30,34)(H,31,32,33)/t17-/m0/s1. The third kappa shape index (κ3) is 4.48. The molecule has 0 radical (unpaired) electrons. The van der Waals surface area contributed by atoms with Gasteiger partial charge in [0.25, 0.3) is 5.91 Å². The summed E-state index contributed by atoms with van der Waals surface area (Å²) < 4.78 is 18.8. The zero-order valence-corrected chi connectivity index (χ0v) is 19.2. The van der Waals surface area contributed by atoms with Crippen molar-refractivity contribution in [2.45, 2.75) is 13.0 Å². The van der Waals surface area contributed by atoms with Gasteiger partial charge in [-0.2, -0.15) is 5.10 Å². The number of hydrogen-bond donors (Lipinski definition) is 2. The lowest BCUT2D eigenvalue weighted by atomic mass is 10.0. The summed E-state index contributed by atoms with van der Waals surface area (Å²) >= 11 is 0. The van der Waals surface area contributed by atoms with Gasteiger partial charge in [-0.05, 0) is 67.1 Å². The number of rotatable bonds is 6. The smallest absolute Gasteiger partial charge is 0.252 e. The zero-order valence-electron chi connectivity index (χ0n) is 19.2. The van der Waals surface area contributed by atoms with E-state index in [4.69, 9.17) is 4.74 Å². The number of methoxy groups -OCH3 is 1. The Morgan fingerprint density at radius 1 is 0.971 bits per heavy atom. The number of carbonyl (C=O) groups is 1. The first-order valence-corrected chi connectivity index (χ1v) is 11.2. The predicted molar refractivity (Wildman–Crippen MR) is 134 cm³/mol. The van der Waals surface area contributed by atoms with Crippen LogP contribution in [0.25, 0.3) is 33.5 Å². The minimum Gasteiger partial charge on any atom is -0.497 e. The van der Waals surface area contributed by atoms with Crippen LogP contribution in [0.5, 0.6) is 5.75 Å². The second kappa shape index (κ2) is 9.38. The molecule has 0 aliphatic heterocycles. The molecule has 0 fully saturated rings. The second-order valence-electron chi connectivity index (χ2n) is 8.19. The number of carbonyl (C=O) groups excluding carboxylic acids is 1. The molecule has 0 spiro atoms. The van der Waals surface area contributed by atoms with E-state index in [9.17, 15) is 9.18 Å². The molecule has 0 unspecified atom stereocenters. The molecule has 0 saturated heterocycles. The van der Waals surface area contributed by atoms with E-state index in [-0.39, 0.29) is 17.8 Å². The summed E-state index contributed by atoms with van der Waals surface area (Å²) in [4.78, 5) is 18.3. The molecule has 2 aromatic heterocycles. The number of amides is 1. The van der Waals surface area contributed by atoms with Crippen LogP contribution in [0.4, 0.5) is 4.39 Å². The zero-order chi connectivity index (χ0) is 24.4. The number of H-pyrrole nitrogens is 1. The molecule has 2 heterocycles. The van der Waals surface area contributed by atoms with Gasteiger partial charge in [-0.15, -0.1) is 0 Å². The summed E-state index contributed by atoms with van der Waals surface area (Å²) in [6.07, 6.45) is 0. The molecule has 0 aliphatic carbocycles. The van der Waals surface area contributed by atoms with Crippen LogP contribution in [0.15, 0.2) is 84.9 Å². The maximum Gasteiger partial charge on any atom is 0.252 e. The lowest BCUT2D eigenvalue weighted by Gasteiger charge is -2.15. The molecule has 6 nitrogen and oxygen atoms in total. The number of nitrogens with zero attached hydrogens (tertiary/aromatic N) is 2. The summed E-state index contributed by atoms with van der Waals surface area (Å²) in [5, 5.41) is 11.1. The van der Waals surface area contributed by atoms with Crippen molar-refractivity contribution in [3.05, 3.63) is 102 Å². The topological polar surface area (TPSA) is 79.9 Å². The molecular formula is C28H23FN4O2. The lowest BCUT2D eigenvalue weighted by Crippen LogP contribution is -2.27. The van der Waals surface area contributed by atoms with Gasteiger partial charge >= 0.3 is 0 Å². The van der Waals surface area contributed by atoms with Crippen molar-refractivity contribution in [1.29, 1.82) is 0 Å². The molecule has 35 heavy (non-hydrogen) atoms. The van der Waals surface area contributed by atoms with Gasteiger partial charge in [-0.1, -0.05) is 30.3 Å². The Morgan fingerprint density at radius 2 is 1.66 bits per heavy atom. The van der Waals surface area contributed by atoms with Gasteiger partial charge in [-0.3, -0.25) is 9.89 Å². The van der Waals surface area contributed by atoms with Crippen molar-refractivity contribution in [1.82, 2.24) is 20.5 Å². The number of halogens is 1. The predicted octanol–water partition coefficient (Wildman–Crippen LogP) is 5.93. The molecule has 7 heteroatoms. The Bertz CT molecular complexity index is 1480. The Hall–Kier alpha value is -4.52. The average Bonchev–Trinajstić information content (AvgIpc) is 3.33. The molecule has 2 N–H and O–H groups in total. The van der Waals surface area contributed by atoms with E-state index in [1.807, 2.05) is 61.5 Å². The Morgan fingerprint density at radius 3 is 2.34 bits per heavy atom. The molecule has 5 aromatic rings. The number of benzene rings is 3. The molecule has 1 amide bonds. The maximum absolute atomic E-state index is 13.6. The summed E-state index contributed by atoms with van der Waals surface area (Å²) in [7, 11) is 1.61. The highest BCUT2D eigenvalue weighted by atomic mass is 19.1. The Balaban J connectivity index is 1.63. The number of aromatic nitrogens is 3. The normalized spacial score (nSPS) is 11.9. The third-order valence-electron chi connectivity index (χ3n) is 5.93. The minimum atomic E-state index is -0.342. The summed E-state index contributed by atoms with van der Waals surface area (Å²) in [6.45, 7) is 1.94. The van der Waals surface area contributed by atoms with Crippen LogP contribution < -0.4 is 10.1 Å². The SMILES string of the molecule is COc1ccc(-c2[nH]nc3nc(-c4ccc(F)cc4)cc(C(=O)N[C@@H](C)c4ccccc4)c23)cc1. The minimum absolute atomic E-state index is 0.211. The quantitative estimate of drug-likeness (QED) is 0.325. The lowest BCUT2D eigenvalue weighted by molar-refractivity contribution is 0.0941. The highest BCUT2D eigenvalue weighted by Gasteiger charge is 2.22. The van der Waals surface area contributed by atoms with Crippen molar-refractivity contribution in [3.8, 4) is 28.3 Å². The van der Waals surface area contributed by atoms with E-state index < -0.39 is 0 Å². The van der Waals surface area contributed by atoms with E-state index in [0.717, 1.165) is 16.9 Å². The van der Waals surface area contributed by atoms with Crippen molar-refractivity contribution >= 4 is 16.9 Å². The first-order valence-electron chi connectivity index (χ1n) is 11.2. The maximum atomic E-state index is 13.6. The summed E-state index contributed by atoms with van der Waals surface area (Å²) in [6, 6.07) is 24.8. The molecule has 1 atom stereocenters. The number of pyridine rings is 1. The number of aromatic amines is 1. The Labute approximate surface area is 201 Å². The van der Waals surface area contributed by atoms with Gasteiger partial charge < -0.3 is 10.1 Å². The Kier molecular flexibility index (Phi) is 5.97. The van der Waals surface area contributed by atoms with Gasteiger partial charge in [0.1, 0.15) is 11.6 Å². The van der Waals surface area contributed by atoms with Crippen molar-refractivity contribution in [3.63, 3.8) is 0 Å². The molecule has 5 rings (SSSR count). The van der Waals surface area contributed by atoms with Crippen LogP contribution in [0.2, 0.25) is 0 Å². The fourth-order valence-electron chi connectivity index (χ4n) is 4.04. The largest absolute Gasteiger partial charge is 0.497 e. The van der Waals surface area contributed by atoms with E-state index in [1.165, 1.54) is 12.1 Å². The third-order valence-corrected chi connectivity index (χ3v) is 5.93. The molecular weight excluding hydrogens is 443 g/mol. The van der Waals surface area contributed by atoms with E-state index in [2.05, 4.69) is 20.5 Å². The highest BCUT2D eigenvalue weighted by Crippen LogP contribution is 2.32. The summed E-state index contributed by atoms with van der Waals surface area (Å²) in [5.74, 6) is 0.128. The number of ether oxygens (including phenoxy) is 1. The number of nitrogens with one attached hydrogen (secondary N) is 2. The van der Waals surface area contributed by atoms with Crippen LogP contribution in [0.1, 0.15) is 28.9 Å². The molecule has 0 aliphatic rings. The fraction of sp³-hybridized carbons (Fsp3) is 0.107. The van der Waals surface area contributed by atoms with Gasteiger partial charge in [0.05, 0.1) is 35.5 Å². The summed E-state index contributed by atoms with van der Waals surface area (Å²) in [5.41, 5.74) is 4.56. The van der Waals surface area contributed by atoms with Crippen LogP contribution >= 0.6 is 0 Å². The van der Waals surface area contributed by atoms with Crippen LogP contribution in [0, 0.1) is 5.82 Å².